The van der Waals surface area contributed by atoms with E-state index in [-0.39, 0.29) is 11.6 Å². The van der Waals surface area contributed by atoms with Crippen molar-refractivity contribution in [2.75, 3.05) is 5.32 Å². The molecule has 3 nitrogen and oxygen atoms in total. The van der Waals surface area contributed by atoms with Crippen LogP contribution in [0, 0.1) is 6.92 Å². The summed E-state index contributed by atoms with van der Waals surface area (Å²) >= 11 is 0. The molecule has 3 N–H and O–H groups in total. The lowest BCUT2D eigenvalue weighted by atomic mass is 10.1. The fourth-order valence-electron chi connectivity index (χ4n) is 1.50. The van der Waals surface area contributed by atoms with Crippen molar-refractivity contribution in [1.29, 1.82) is 0 Å². The first-order chi connectivity index (χ1) is 6.79. The predicted molar refractivity (Wildman–Crippen MR) is 65.0 cm³/mol. The fraction of sp³-hybridized carbons (Fsp3) is 0.583. The monoisotopic (exact) mass is 207 g/mol. The Hall–Kier alpha value is -1.09. The predicted octanol–water partition coefficient (Wildman–Crippen LogP) is 2.62. The van der Waals surface area contributed by atoms with Gasteiger partial charge in [0.05, 0.1) is 0 Å². The summed E-state index contributed by atoms with van der Waals surface area (Å²) < 4.78 is 0. The van der Waals surface area contributed by atoms with Gasteiger partial charge >= 0.3 is 0 Å². The Balaban J connectivity index is 2.92. The molecule has 0 aliphatic rings. The van der Waals surface area contributed by atoms with E-state index in [0.717, 1.165) is 11.4 Å². The summed E-state index contributed by atoms with van der Waals surface area (Å²) in [5.41, 5.74) is 8.16. The molecule has 0 saturated carbocycles. The van der Waals surface area contributed by atoms with Gasteiger partial charge < -0.3 is 11.1 Å². The number of nitrogens with one attached hydrogen (secondary N) is 1. The van der Waals surface area contributed by atoms with Gasteiger partial charge in [-0.05, 0) is 51.8 Å². The van der Waals surface area contributed by atoms with Crippen molar-refractivity contribution in [2.45, 2.75) is 46.2 Å². The second-order valence-electron chi connectivity index (χ2n) is 5.09. The van der Waals surface area contributed by atoms with E-state index in [1.165, 1.54) is 5.56 Å². The van der Waals surface area contributed by atoms with Gasteiger partial charge in [0.1, 0.15) is 5.82 Å². The van der Waals surface area contributed by atoms with Crippen molar-refractivity contribution in [1.82, 2.24) is 4.98 Å². The van der Waals surface area contributed by atoms with E-state index >= 15 is 0 Å². The highest BCUT2D eigenvalue weighted by atomic mass is 15.0. The average molecular weight is 207 g/mol. The van der Waals surface area contributed by atoms with Gasteiger partial charge in [-0.15, -0.1) is 0 Å². The molecule has 0 saturated heterocycles. The number of aryl methyl sites for hydroxylation is 1. The molecule has 0 bridgehead atoms. The van der Waals surface area contributed by atoms with Crippen LogP contribution in [0.3, 0.4) is 0 Å². The number of rotatable bonds is 2. The number of anilines is 1. The first-order valence-corrected chi connectivity index (χ1v) is 5.30. The van der Waals surface area contributed by atoms with E-state index in [4.69, 9.17) is 5.73 Å². The van der Waals surface area contributed by atoms with Gasteiger partial charge in [0.15, 0.2) is 0 Å². The van der Waals surface area contributed by atoms with Crippen molar-refractivity contribution < 1.29 is 0 Å². The number of pyridine rings is 1. The zero-order valence-corrected chi connectivity index (χ0v) is 10.3. The highest BCUT2D eigenvalue weighted by Crippen LogP contribution is 2.19. The molecule has 0 aliphatic heterocycles. The molecular formula is C12H21N3. The van der Waals surface area contributed by atoms with Crippen LogP contribution in [0.2, 0.25) is 0 Å². The first kappa shape index (κ1) is 12.0. The summed E-state index contributed by atoms with van der Waals surface area (Å²) in [6.07, 6.45) is 1.86. The molecule has 0 amide bonds. The van der Waals surface area contributed by atoms with Crippen molar-refractivity contribution in [2.24, 2.45) is 5.73 Å². The molecule has 15 heavy (non-hydrogen) atoms. The van der Waals surface area contributed by atoms with E-state index in [9.17, 15) is 0 Å². The minimum Gasteiger partial charge on any atom is -0.365 e. The van der Waals surface area contributed by atoms with Gasteiger partial charge in [-0.1, -0.05) is 0 Å². The maximum Gasteiger partial charge on any atom is 0.126 e. The summed E-state index contributed by atoms with van der Waals surface area (Å²) in [6.45, 7) is 10.4. The van der Waals surface area contributed by atoms with Crippen LogP contribution in [0.15, 0.2) is 12.3 Å². The average Bonchev–Trinajstić information content (AvgIpc) is 1.99. The number of nitrogens with zero attached hydrogens (tertiary/aromatic N) is 1. The molecule has 1 heterocycles. The standard InChI is InChI=1S/C12H21N3/c1-8-6-11(15-12(3,4)5)14-7-10(8)9(2)13/h6-7,9H,13H2,1-5H3,(H,14,15)/t9-/m1/s1. The number of hydrogen-bond donors (Lipinski definition) is 2. The third-order valence-corrected chi connectivity index (χ3v) is 2.14. The van der Waals surface area contributed by atoms with Crippen LogP contribution in [0.5, 0.6) is 0 Å². The van der Waals surface area contributed by atoms with E-state index in [1.54, 1.807) is 0 Å². The van der Waals surface area contributed by atoms with Gasteiger partial charge in [0, 0.05) is 17.8 Å². The zero-order chi connectivity index (χ0) is 11.6. The topological polar surface area (TPSA) is 50.9 Å². The largest absolute Gasteiger partial charge is 0.365 e. The number of aromatic nitrogens is 1. The lowest BCUT2D eigenvalue weighted by Crippen LogP contribution is -2.26. The number of hydrogen-bond acceptors (Lipinski definition) is 3. The lowest BCUT2D eigenvalue weighted by Gasteiger charge is -2.22. The Kier molecular flexibility index (Phi) is 3.35. The molecule has 0 aliphatic carbocycles. The van der Waals surface area contributed by atoms with Crippen LogP contribution in [-0.2, 0) is 0 Å². The third-order valence-electron chi connectivity index (χ3n) is 2.14. The van der Waals surface area contributed by atoms with Crippen LogP contribution in [-0.4, -0.2) is 10.5 Å². The minimum atomic E-state index is 0.0370. The van der Waals surface area contributed by atoms with Crippen LogP contribution < -0.4 is 11.1 Å². The Morgan fingerprint density at radius 2 is 2.00 bits per heavy atom. The van der Waals surface area contributed by atoms with Crippen molar-refractivity contribution in [3.63, 3.8) is 0 Å². The van der Waals surface area contributed by atoms with Crippen LogP contribution >= 0.6 is 0 Å². The number of nitrogens with two attached hydrogens (primary N) is 1. The van der Waals surface area contributed by atoms with E-state index in [1.807, 2.05) is 19.2 Å². The molecule has 3 heteroatoms. The Morgan fingerprint density at radius 3 is 2.40 bits per heavy atom. The quantitative estimate of drug-likeness (QED) is 0.783. The molecule has 0 unspecified atom stereocenters. The normalized spacial score (nSPS) is 13.7. The van der Waals surface area contributed by atoms with Crippen LogP contribution in [0.4, 0.5) is 5.82 Å². The second-order valence-corrected chi connectivity index (χ2v) is 5.09. The second kappa shape index (κ2) is 4.19. The lowest BCUT2D eigenvalue weighted by molar-refractivity contribution is 0.630. The molecular weight excluding hydrogens is 186 g/mol. The smallest absolute Gasteiger partial charge is 0.126 e. The van der Waals surface area contributed by atoms with E-state index in [0.29, 0.717) is 0 Å². The summed E-state index contributed by atoms with van der Waals surface area (Å²) in [5.74, 6) is 0.907. The molecule has 0 fully saturated rings. The van der Waals surface area contributed by atoms with Crippen LogP contribution in [0.25, 0.3) is 0 Å². The maximum atomic E-state index is 5.83. The maximum absolute atomic E-state index is 5.83. The highest BCUT2D eigenvalue weighted by molar-refractivity contribution is 5.42. The Bertz CT molecular complexity index is 337. The summed E-state index contributed by atoms with van der Waals surface area (Å²) in [5, 5.41) is 3.34. The summed E-state index contributed by atoms with van der Waals surface area (Å²) in [4.78, 5) is 4.36. The molecule has 1 atom stereocenters. The first-order valence-electron chi connectivity index (χ1n) is 5.30. The van der Waals surface area contributed by atoms with E-state index in [2.05, 4.69) is 38.0 Å². The van der Waals surface area contributed by atoms with Gasteiger partial charge in [-0.25, -0.2) is 4.98 Å². The molecule has 0 radical (unpaired) electrons. The van der Waals surface area contributed by atoms with E-state index < -0.39 is 0 Å². The molecule has 0 aromatic carbocycles. The van der Waals surface area contributed by atoms with Gasteiger partial charge in [-0.2, -0.15) is 0 Å². The molecule has 1 rings (SSSR count). The molecule has 84 valence electrons. The summed E-state index contributed by atoms with van der Waals surface area (Å²) in [6, 6.07) is 2.09. The third kappa shape index (κ3) is 3.51. The Labute approximate surface area is 92.1 Å². The Morgan fingerprint density at radius 1 is 1.40 bits per heavy atom. The van der Waals surface area contributed by atoms with Gasteiger partial charge in [-0.3, -0.25) is 0 Å². The molecule has 1 aromatic heterocycles. The SMILES string of the molecule is Cc1cc(NC(C)(C)C)ncc1[C@@H](C)N. The van der Waals surface area contributed by atoms with Gasteiger partial charge in [0.25, 0.3) is 0 Å². The zero-order valence-electron chi connectivity index (χ0n) is 10.3. The van der Waals surface area contributed by atoms with Crippen molar-refractivity contribution in [3.05, 3.63) is 23.4 Å². The molecule has 1 aromatic rings. The minimum absolute atomic E-state index is 0.0370. The fourth-order valence-corrected chi connectivity index (χ4v) is 1.50. The van der Waals surface area contributed by atoms with Crippen molar-refractivity contribution in [3.8, 4) is 0 Å². The highest BCUT2D eigenvalue weighted by Gasteiger charge is 2.11. The van der Waals surface area contributed by atoms with Crippen molar-refractivity contribution >= 4 is 5.82 Å². The summed E-state index contributed by atoms with van der Waals surface area (Å²) in [7, 11) is 0. The molecule has 0 spiro atoms. The van der Waals surface area contributed by atoms with Gasteiger partial charge in [0.2, 0.25) is 0 Å². The van der Waals surface area contributed by atoms with Crippen LogP contribution in [0.1, 0.15) is 44.9 Å².